The van der Waals surface area contributed by atoms with Crippen molar-refractivity contribution in [1.82, 2.24) is 4.90 Å². The van der Waals surface area contributed by atoms with Crippen LogP contribution in [0.3, 0.4) is 0 Å². The number of benzene rings is 2. The van der Waals surface area contributed by atoms with Crippen molar-refractivity contribution in [3.05, 3.63) is 59.7 Å². The lowest BCUT2D eigenvalue weighted by molar-refractivity contribution is -0.00944. The third-order valence-electron chi connectivity index (χ3n) is 6.35. The zero-order valence-corrected chi connectivity index (χ0v) is 17.4. The largest absolute Gasteiger partial charge is 0.497 e. The zero-order chi connectivity index (χ0) is 19.6. The Balaban J connectivity index is 1.38. The van der Waals surface area contributed by atoms with Gasteiger partial charge in [-0.15, -0.1) is 0 Å². The van der Waals surface area contributed by atoms with Crippen LogP contribution in [0.4, 0.5) is 5.69 Å². The van der Waals surface area contributed by atoms with Gasteiger partial charge in [0.1, 0.15) is 5.75 Å². The highest BCUT2D eigenvalue weighted by molar-refractivity contribution is 5.49. The van der Waals surface area contributed by atoms with Gasteiger partial charge in [0, 0.05) is 37.4 Å². The number of hydrogen-bond acceptors (Lipinski definition) is 4. The fourth-order valence-electron chi connectivity index (χ4n) is 4.59. The monoisotopic (exact) mass is 380 g/mol. The second-order valence-electron chi connectivity index (χ2n) is 8.50. The van der Waals surface area contributed by atoms with E-state index >= 15 is 0 Å². The number of hydrogen-bond donors (Lipinski definition) is 0. The summed E-state index contributed by atoms with van der Waals surface area (Å²) in [5.74, 6) is 0.913. The van der Waals surface area contributed by atoms with E-state index in [1.54, 1.807) is 7.11 Å². The molecule has 0 saturated carbocycles. The van der Waals surface area contributed by atoms with E-state index in [0.29, 0.717) is 0 Å². The standard InChI is InChI=1S/C24H32N2O2/c1-24(2,18-23-22-7-5-4-6-19(22)12-17-28-23)26-15-13-25(14-16-26)20-8-10-21(27-3)11-9-20/h4-11,23H,12-18H2,1-3H3. The lowest BCUT2D eigenvalue weighted by atomic mass is 9.87. The molecule has 1 atom stereocenters. The van der Waals surface area contributed by atoms with Crippen LogP contribution >= 0.6 is 0 Å². The summed E-state index contributed by atoms with van der Waals surface area (Å²) in [5.41, 5.74) is 4.24. The summed E-state index contributed by atoms with van der Waals surface area (Å²) < 4.78 is 11.5. The fourth-order valence-corrected chi connectivity index (χ4v) is 4.59. The van der Waals surface area contributed by atoms with Crippen molar-refractivity contribution in [2.75, 3.05) is 44.8 Å². The van der Waals surface area contributed by atoms with Gasteiger partial charge < -0.3 is 14.4 Å². The number of fused-ring (bicyclic) bond motifs is 1. The van der Waals surface area contributed by atoms with Crippen LogP contribution in [0.25, 0.3) is 0 Å². The van der Waals surface area contributed by atoms with Crippen molar-refractivity contribution in [2.45, 2.75) is 38.3 Å². The molecule has 2 aliphatic heterocycles. The van der Waals surface area contributed by atoms with Crippen LogP contribution in [0.2, 0.25) is 0 Å². The summed E-state index contributed by atoms with van der Waals surface area (Å²) in [6.07, 6.45) is 2.28. The van der Waals surface area contributed by atoms with Crippen molar-refractivity contribution < 1.29 is 9.47 Å². The average Bonchev–Trinajstić information content (AvgIpc) is 2.74. The summed E-state index contributed by atoms with van der Waals surface area (Å²) in [7, 11) is 1.71. The van der Waals surface area contributed by atoms with Crippen molar-refractivity contribution in [2.24, 2.45) is 0 Å². The predicted molar refractivity (Wildman–Crippen MR) is 114 cm³/mol. The minimum absolute atomic E-state index is 0.112. The molecule has 0 spiro atoms. The Morgan fingerprint density at radius 3 is 2.43 bits per heavy atom. The fraction of sp³-hybridized carbons (Fsp3) is 0.500. The molecule has 0 amide bonds. The second kappa shape index (κ2) is 8.14. The van der Waals surface area contributed by atoms with Gasteiger partial charge in [0.15, 0.2) is 0 Å². The van der Waals surface area contributed by atoms with Crippen LogP contribution in [0, 0.1) is 0 Å². The van der Waals surface area contributed by atoms with Crippen molar-refractivity contribution in [1.29, 1.82) is 0 Å². The van der Waals surface area contributed by atoms with Crippen LogP contribution in [0.1, 0.15) is 37.5 Å². The van der Waals surface area contributed by atoms with E-state index in [1.807, 2.05) is 12.1 Å². The van der Waals surface area contributed by atoms with E-state index in [1.165, 1.54) is 16.8 Å². The van der Waals surface area contributed by atoms with E-state index < -0.39 is 0 Å². The van der Waals surface area contributed by atoms with Gasteiger partial charge in [-0.2, -0.15) is 0 Å². The molecular formula is C24H32N2O2. The van der Waals surface area contributed by atoms with Crippen molar-refractivity contribution >= 4 is 5.69 Å². The molecule has 1 unspecified atom stereocenters. The molecule has 28 heavy (non-hydrogen) atoms. The molecule has 0 radical (unpaired) electrons. The molecule has 0 N–H and O–H groups in total. The third kappa shape index (κ3) is 4.03. The lowest BCUT2D eigenvalue weighted by Crippen LogP contribution is -2.55. The highest BCUT2D eigenvalue weighted by Crippen LogP contribution is 2.36. The van der Waals surface area contributed by atoms with Gasteiger partial charge in [0.05, 0.1) is 19.8 Å². The minimum Gasteiger partial charge on any atom is -0.497 e. The van der Waals surface area contributed by atoms with Gasteiger partial charge in [0.25, 0.3) is 0 Å². The molecule has 2 aliphatic rings. The van der Waals surface area contributed by atoms with Gasteiger partial charge in [-0.3, -0.25) is 4.90 Å². The summed E-state index contributed by atoms with van der Waals surface area (Å²) in [5, 5.41) is 0. The van der Waals surface area contributed by atoms with E-state index in [2.05, 4.69) is 60.0 Å². The number of ether oxygens (including phenoxy) is 2. The van der Waals surface area contributed by atoms with Crippen molar-refractivity contribution in [3.8, 4) is 5.75 Å². The normalized spacial score (nSPS) is 20.7. The number of rotatable bonds is 5. The Labute approximate surface area is 169 Å². The first-order chi connectivity index (χ1) is 13.6. The lowest BCUT2D eigenvalue weighted by Gasteiger charge is -2.46. The SMILES string of the molecule is COc1ccc(N2CCN(C(C)(C)CC3OCCc4ccccc43)CC2)cc1. The summed E-state index contributed by atoms with van der Waals surface area (Å²) in [6.45, 7) is 9.84. The smallest absolute Gasteiger partial charge is 0.119 e. The average molecular weight is 381 g/mol. The second-order valence-corrected chi connectivity index (χ2v) is 8.50. The molecule has 0 bridgehead atoms. The van der Waals surface area contributed by atoms with Gasteiger partial charge in [-0.1, -0.05) is 24.3 Å². The molecule has 1 saturated heterocycles. The maximum Gasteiger partial charge on any atom is 0.119 e. The van der Waals surface area contributed by atoms with E-state index in [0.717, 1.165) is 51.4 Å². The third-order valence-corrected chi connectivity index (χ3v) is 6.35. The molecule has 4 heteroatoms. The first kappa shape index (κ1) is 19.3. The predicted octanol–water partition coefficient (Wildman–Crippen LogP) is 4.30. The highest BCUT2D eigenvalue weighted by Gasteiger charge is 2.34. The molecule has 2 heterocycles. The van der Waals surface area contributed by atoms with Crippen LogP contribution in [0.5, 0.6) is 5.75 Å². The number of nitrogens with zero attached hydrogens (tertiary/aromatic N) is 2. The van der Waals surface area contributed by atoms with Gasteiger partial charge in [-0.25, -0.2) is 0 Å². The Hall–Kier alpha value is -2.04. The molecule has 4 nitrogen and oxygen atoms in total. The van der Waals surface area contributed by atoms with Gasteiger partial charge in [-0.05, 0) is 62.1 Å². The number of anilines is 1. The van der Waals surface area contributed by atoms with Gasteiger partial charge >= 0.3 is 0 Å². The van der Waals surface area contributed by atoms with Gasteiger partial charge in [0.2, 0.25) is 0 Å². The van der Waals surface area contributed by atoms with Crippen LogP contribution in [0.15, 0.2) is 48.5 Å². The Kier molecular flexibility index (Phi) is 5.61. The molecule has 2 aromatic carbocycles. The molecule has 150 valence electrons. The topological polar surface area (TPSA) is 24.9 Å². The van der Waals surface area contributed by atoms with Crippen LogP contribution < -0.4 is 9.64 Å². The number of piperazine rings is 1. The number of methoxy groups -OCH3 is 1. The van der Waals surface area contributed by atoms with E-state index in [9.17, 15) is 0 Å². The van der Waals surface area contributed by atoms with E-state index in [4.69, 9.17) is 9.47 Å². The Bertz CT molecular complexity index is 779. The molecule has 4 rings (SSSR count). The van der Waals surface area contributed by atoms with Crippen LogP contribution in [-0.2, 0) is 11.2 Å². The zero-order valence-electron chi connectivity index (χ0n) is 17.4. The van der Waals surface area contributed by atoms with Crippen molar-refractivity contribution in [3.63, 3.8) is 0 Å². The maximum absolute atomic E-state index is 6.19. The summed E-state index contributed by atoms with van der Waals surface area (Å²) in [4.78, 5) is 5.10. The molecule has 0 aliphatic carbocycles. The van der Waals surface area contributed by atoms with Crippen LogP contribution in [-0.4, -0.2) is 50.3 Å². The minimum atomic E-state index is 0.112. The molecule has 1 fully saturated rings. The molecule has 2 aromatic rings. The Morgan fingerprint density at radius 2 is 1.71 bits per heavy atom. The molecule has 0 aromatic heterocycles. The first-order valence-electron chi connectivity index (χ1n) is 10.4. The summed E-state index contributed by atoms with van der Waals surface area (Å²) in [6, 6.07) is 17.2. The summed E-state index contributed by atoms with van der Waals surface area (Å²) >= 11 is 0. The molecular weight excluding hydrogens is 348 g/mol. The highest BCUT2D eigenvalue weighted by atomic mass is 16.5. The quantitative estimate of drug-likeness (QED) is 0.772. The first-order valence-corrected chi connectivity index (χ1v) is 10.4. The van der Waals surface area contributed by atoms with E-state index in [-0.39, 0.29) is 11.6 Å². The maximum atomic E-state index is 6.19. The Morgan fingerprint density at radius 1 is 1.00 bits per heavy atom.